The van der Waals surface area contributed by atoms with E-state index in [1.165, 1.54) is 12.8 Å². The summed E-state index contributed by atoms with van der Waals surface area (Å²) < 4.78 is 0. The number of nitrogens with one attached hydrogen (secondary N) is 1. The molecular formula is C18H24N2OS. The Hall–Kier alpha value is -1.23. The molecule has 3 unspecified atom stereocenters. The van der Waals surface area contributed by atoms with Gasteiger partial charge in [0.1, 0.15) is 0 Å². The predicted molar refractivity (Wildman–Crippen MR) is 90.9 cm³/mol. The van der Waals surface area contributed by atoms with Crippen LogP contribution in [0.4, 0.5) is 0 Å². The Morgan fingerprint density at radius 2 is 2.18 bits per heavy atom. The molecular weight excluding hydrogens is 292 g/mol. The van der Waals surface area contributed by atoms with Gasteiger partial charge in [0.05, 0.1) is 6.10 Å². The lowest BCUT2D eigenvalue weighted by Crippen LogP contribution is -2.40. The molecule has 1 aliphatic rings. The van der Waals surface area contributed by atoms with E-state index in [0.29, 0.717) is 12.1 Å². The van der Waals surface area contributed by atoms with Gasteiger partial charge in [-0.25, -0.2) is 0 Å². The van der Waals surface area contributed by atoms with Crippen molar-refractivity contribution in [1.29, 1.82) is 0 Å². The molecule has 0 bridgehead atoms. The Labute approximate surface area is 136 Å². The van der Waals surface area contributed by atoms with Crippen molar-refractivity contribution in [2.24, 2.45) is 5.92 Å². The summed E-state index contributed by atoms with van der Waals surface area (Å²) in [6, 6.07) is 10.9. The van der Waals surface area contributed by atoms with Crippen molar-refractivity contribution in [3.63, 3.8) is 0 Å². The van der Waals surface area contributed by atoms with Gasteiger partial charge in [-0.2, -0.15) is 0 Å². The number of aliphatic hydroxyl groups is 1. The lowest BCUT2D eigenvalue weighted by atomic mass is 10.0. The average Bonchev–Trinajstić information content (AvgIpc) is 3.21. The zero-order chi connectivity index (χ0) is 15.4. The van der Waals surface area contributed by atoms with Gasteiger partial charge in [0.15, 0.2) is 0 Å². The van der Waals surface area contributed by atoms with Crippen LogP contribution in [0.1, 0.15) is 42.9 Å². The van der Waals surface area contributed by atoms with Crippen LogP contribution in [0.3, 0.4) is 0 Å². The molecule has 1 saturated carbocycles. The van der Waals surface area contributed by atoms with Crippen LogP contribution in [-0.2, 0) is 6.42 Å². The van der Waals surface area contributed by atoms with Crippen molar-refractivity contribution < 1.29 is 5.11 Å². The van der Waals surface area contributed by atoms with Crippen molar-refractivity contribution in [3.05, 3.63) is 52.5 Å². The van der Waals surface area contributed by atoms with E-state index in [1.807, 2.05) is 29.8 Å². The summed E-state index contributed by atoms with van der Waals surface area (Å²) >= 11 is 1.63. The smallest absolute Gasteiger partial charge is 0.0896 e. The molecule has 0 saturated heterocycles. The maximum Gasteiger partial charge on any atom is 0.0896 e. The van der Waals surface area contributed by atoms with Crippen LogP contribution >= 0.6 is 11.3 Å². The molecule has 2 aromatic rings. The highest BCUT2D eigenvalue weighted by molar-refractivity contribution is 7.10. The monoisotopic (exact) mass is 316 g/mol. The van der Waals surface area contributed by atoms with Gasteiger partial charge >= 0.3 is 0 Å². The molecule has 0 aliphatic heterocycles. The van der Waals surface area contributed by atoms with Crippen molar-refractivity contribution in [2.45, 2.75) is 50.8 Å². The van der Waals surface area contributed by atoms with Crippen LogP contribution in [0.25, 0.3) is 0 Å². The first-order chi connectivity index (χ1) is 10.7. The number of pyridine rings is 1. The summed E-state index contributed by atoms with van der Waals surface area (Å²) in [7, 11) is 0. The third kappa shape index (κ3) is 4.38. The topological polar surface area (TPSA) is 45.1 Å². The Balaban J connectivity index is 1.54. The molecule has 2 N–H and O–H groups in total. The van der Waals surface area contributed by atoms with Crippen LogP contribution in [0.15, 0.2) is 41.9 Å². The zero-order valence-corrected chi connectivity index (χ0v) is 13.8. The van der Waals surface area contributed by atoms with Crippen LogP contribution in [0.5, 0.6) is 0 Å². The number of nitrogens with zero attached hydrogens (tertiary/aromatic N) is 1. The summed E-state index contributed by atoms with van der Waals surface area (Å²) in [6.07, 6.45) is 5.85. The Kier molecular flexibility index (Phi) is 5.24. The molecule has 2 heterocycles. The number of hydrogen-bond donors (Lipinski definition) is 2. The molecule has 0 aromatic carbocycles. The molecule has 0 amide bonds. The first kappa shape index (κ1) is 15.7. The molecule has 3 atom stereocenters. The molecule has 0 spiro atoms. The molecule has 118 valence electrons. The third-order valence-electron chi connectivity index (χ3n) is 4.29. The van der Waals surface area contributed by atoms with Gasteiger partial charge in [-0.15, -0.1) is 11.3 Å². The van der Waals surface area contributed by atoms with E-state index in [2.05, 4.69) is 29.4 Å². The van der Waals surface area contributed by atoms with Crippen LogP contribution in [-0.4, -0.2) is 22.2 Å². The summed E-state index contributed by atoms with van der Waals surface area (Å²) in [5, 5.41) is 16.0. The number of aliphatic hydroxyl groups excluding tert-OH is 1. The molecule has 22 heavy (non-hydrogen) atoms. The van der Waals surface area contributed by atoms with Gasteiger partial charge in [-0.05, 0) is 55.7 Å². The molecule has 1 fully saturated rings. The maximum absolute atomic E-state index is 10.3. The van der Waals surface area contributed by atoms with Gasteiger partial charge in [0, 0.05) is 35.3 Å². The predicted octanol–water partition coefficient (Wildman–Crippen LogP) is 3.57. The van der Waals surface area contributed by atoms with Crippen molar-refractivity contribution in [3.8, 4) is 0 Å². The van der Waals surface area contributed by atoms with Gasteiger partial charge in [-0.3, -0.25) is 4.98 Å². The summed E-state index contributed by atoms with van der Waals surface area (Å²) in [5.74, 6) is 0.767. The highest BCUT2D eigenvalue weighted by Crippen LogP contribution is 2.34. The lowest BCUT2D eigenvalue weighted by molar-refractivity contribution is 0.154. The summed E-state index contributed by atoms with van der Waals surface area (Å²) in [6.45, 7) is 2.17. The Morgan fingerprint density at radius 3 is 2.82 bits per heavy atom. The van der Waals surface area contributed by atoms with Gasteiger partial charge in [0.25, 0.3) is 0 Å². The lowest BCUT2D eigenvalue weighted by Gasteiger charge is -2.24. The van der Waals surface area contributed by atoms with E-state index in [-0.39, 0.29) is 6.10 Å². The van der Waals surface area contributed by atoms with E-state index in [1.54, 1.807) is 11.3 Å². The normalized spacial score (nSPS) is 18.8. The van der Waals surface area contributed by atoms with Gasteiger partial charge < -0.3 is 10.4 Å². The second-order valence-electron chi connectivity index (χ2n) is 6.30. The second-order valence-corrected chi connectivity index (χ2v) is 7.28. The van der Waals surface area contributed by atoms with E-state index in [9.17, 15) is 5.11 Å². The number of rotatable bonds is 8. The molecule has 3 rings (SSSR count). The Bertz CT molecular complexity index is 554. The fraction of sp³-hybridized carbons (Fsp3) is 0.500. The van der Waals surface area contributed by atoms with Crippen LogP contribution in [0.2, 0.25) is 0 Å². The fourth-order valence-corrected chi connectivity index (χ4v) is 3.69. The standard InChI is InChI=1S/C18H24N2OS/c1-13(11-17(21)18-6-4-10-22-18)20-16(14-7-8-14)12-15-5-2-3-9-19-15/h2-6,9-10,13-14,16-17,20-21H,7-8,11-12H2,1H3. The minimum Gasteiger partial charge on any atom is -0.388 e. The highest BCUT2D eigenvalue weighted by atomic mass is 32.1. The molecule has 0 radical (unpaired) electrons. The largest absolute Gasteiger partial charge is 0.388 e. The number of hydrogen-bond acceptors (Lipinski definition) is 4. The van der Waals surface area contributed by atoms with E-state index in [0.717, 1.165) is 29.3 Å². The minimum absolute atomic E-state index is 0.298. The van der Waals surface area contributed by atoms with Crippen LogP contribution in [0, 0.1) is 5.92 Å². The van der Waals surface area contributed by atoms with Gasteiger partial charge in [-0.1, -0.05) is 12.1 Å². The molecule has 2 aromatic heterocycles. The average molecular weight is 316 g/mol. The number of aromatic nitrogens is 1. The summed E-state index contributed by atoms with van der Waals surface area (Å²) in [4.78, 5) is 5.51. The van der Waals surface area contributed by atoms with Crippen molar-refractivity contribution >= 4 is 11.3 Å². The third-order valence-corrected chi connectivity index (χ3v) is 5.27. The highest BCUT2D eigenvalue weighted by Gasteiger charge is 2.32. The molecule has 3 nitrogen and oxygen atoms in total. The SMILES string of the molecule is CC(CC(O)c1cccs1)NC(Cc1ccccn1)C1CC1. The van der Waals surface area contributed by atoms with Gasteiger partial charge in [0.2, 0.25) is 0 Å². The Morgan fingerprint density at radius 1 is 1.32 bits per heavy atom. The minimum atomic E-state index is -0.364. The number of thiophene rings is 1. The van der Waals surface area contributed by atoms with Crippen molar-refractivity contribution in [2.75, 3.05) is 0 Å². The van der Waals surface area contributed by atoms with Crippen LogP contribution < -0.4 is 5.32 Å². The van der Waals surface area contributed by atoms with E-state index in [4.69, 9.17) is 0 Å². The summed E-state index contributed by atoms with van der Waals surface area (Å²) in [5.41, 5.74) is 1.15. The molecule has 1 aliphatic carbocycles. The van der Waals surface area contributed by atoms with E-state index >= 15 is 0 Å². The first-order valence-electron chi connectivity index (χ1n) is 8.10. The van der Waals surface area contributed by atoms with E-state index < -0.39 is 0 Å². The first-order valence-corrected chi connectivity index (χ1v) is 8.98. The zero-order valence-electron chi connectivity index (χ0n) is 13.0. The fourth-order valence-electron chi connectivity index (χ4n) is 2.97. The second kappa shape index (κ2) is 7.36. The van der Waals surface area contributed by atoms with Crippen molar-refractivity contribution in [1.82, 2.24) is 10.3 Å². The maximum atomic E-state index is 10.3. The molecule has 4 heteroatoms. The quantitative estimate of drug-likeness (QED) is 0.782.